The van der Waals surface area contributed by atoms with Crippen LogP contribution in [-0.2, 0) is 19.0 Å². The average Bonchev–Trinajstić information content (AvgIpc) is 3.04. The van der Waals surface area contributed by atoms with Crippen molar-refractivity contribution in [1.29, 1.82) is 0 Å². The first-order valence-electron chi connectivity index (χ1n) is 7.58. The molecule has 3 aliphatic rings. The summed E-state index contributed by atoms with van der Waals surface area (Å²) in [6.07, 6.45) is 4.11. The van der Waals surface area contributed by atoms with Crippen LogP contribution in [0.25, 0.3) is 0 Å². The van der Waals surface area contributed by atoms with Gasteiger partial charge in [-0.2, -0.15) is 0 Å². The molecule has 1 aliphatic carbocycles. The normalized spacial score (nSPS) is 39.9. The third kappa shape index (κ3) is 2.75. The van der Waals surface area contributed by atoms with Crippen molar-refractivity contribution in [3.05, 3.63) is 23.8 Å². The second-order valence-corrected chi connectivity index (χ2v) is 6.40. The second-order valence-electron chi connectivity index (χ2n) is 6.40. The van der Waals surface area contributed by atoms with Crippen LogP contribution in [0.4, 0.5) is 4.79 Å². The number of allylic oxidation sites excluding steroid dienone is 1. The number of carbonyl (C=O) groups excluding carboxylic acids is 2. The highest BCUT2D eigenvalue weighted by molar-refractivity contribution is 5.91. The predicted molar refractivity (Wildman–Crippen MR) is 77.9 cm³/mol. The lowest BCUT2D eigenvalue weighted by molar-refractivity contribution is -0.140. The van der Waals surface area contributed by atoms with Crippen LogP contribution in [-0.4, -0.2) is 36.5 Å². The molecule has 2 saturated heterocycles. The molecule has 0 unspecified atom stereocenters. The van der Waals surface area contributed by atoms with E-state index in [0.29, 0.717) is 12.0 Å². The number of fused-ring (bicyclic) bond motifs is 3. The Morgan fingerprint density at radius 2 is 2.36 bits per heavy atom. The maximum Gasteiger partial charge on any atom is 0.404 e. The molecule has 6 heteroatoms. The van der Waals surface area contributed by atoms with Gasteiger partial charge in [0.15, 0.2) is 0 Å². The van der Waals surface area contributed by atoms with E-state index in [4.69, 9.17) is 19.9 Å². The lowest BCUT2D eigenvalue weighted by atomic mass is 9.84. The van der Waals surface area contributed by atoms with Crippen molar-refractivity contribution in [2.24, 2.45) is 11.7 Å². The number of hydrogen-bond donors (Lipinski definition) is 1. The fourth-order valence-corrected chi connectivity index (χ4v) is 3.41. The van der Waals surface area contributed by atoms with Gasteiger partial charge in [0.05, 0.1) is 5.60 Å². The van der Waals surface area contributed by atoms with E-state index in [-0.39, 0.29) is 36.3 Å². The first-order valence-corrected chi connectivity index (χ1v) is 7.58. The van der Waals surface area contributed by atoms with Crippen LogP contribution in [0.3, 0.4) is 0 Å². The lowest BCUT2D eigenvalue weighted by Gasteiger charge is -2.19. The molecular weight excluding hydrogens is 286 g/mol. The summed E-state index contributed by atoms with van der Waals surface area (Å²) in [6.45, 7) is 6.10. The fourth-order valence-electron chi connectivity index (χ4n) is 3.41. The zero-order chi connectivity index (χ0) is 15.9. The minimum Gasteiger partial charge on any atom is -0.455 e. The van der Waals surface area contributed by atoms with Gasteiger partial charge in [-0.25, -0.2) is 9.59 Å². The Bertz CT molecular complexity index is 555. The molecule has 0 aromatic rings. The van der Waals surface area contributed by atoms with Crippen LogP contribution in [0.15, 0.2) is 23.8 Å². The molecule has 0 aromatic heterocycles. The number of rotatable bonds is 2. The highest BCUT2D eigenvalue weighted by atomic mass is 16.6. The lowest BCUT2D eigenvalue weighted by Crippen LogP contribution is -2.29. The van der Waals surface area contributed by atoms with Crippen LogP contribution in [0.5, 0.6) is 0 Å². The van der Waals surface area contributed by atoms with Gasteiger partial charge in [-0.1, -0.05) is 12.7 Å². The van der Waals surface area contributed by atoms with Crippen LogP contribution in [0, 0.1) is 5.92 Å². The summed E-state index contributed by atoms with van der Waals surface area (Å²) in [5, 5.41) is 0. The van der Waals surface area contributed by atoms with Gasteiger partial charge < -0.3 is 19.9 Å². The number of epoxide rings is 1. The van der Waals surface area contributed by atoms with Crippen LogP contribution < -0.4 is 5.73 Å². The zero-order valence-corrected chi connectivity index (χ0v) is 12.7. The minimum absolute atomic E-state index is 0.0440. The van der Waals surface area contributed by atoms with Gasteiger partial charge in [-0.05, 0) is 38.2 Å². The highest BCUT2D eigenvalue weighted by Crippen LogP contribution is 2.49. The standard InChI is InChI=1S/C16H21NO5/c1-9-11-6-5-10(8-20-15(17)19)4-3-7-16(2)13(22-16)12(11)21-14(9)18/h4,11-13H,1,3,5-8H2,2H3,(H2,17,19)/b10-4+/t11-,12-,13+,16+/m0/s1. The van der Waals surface area contributed by atoms with E-state index in [1.54, 1.807) is 0 Å². The molecule has 2 aliphatic heterocycles. The first-order chi connectivity index (χ1) is 10.4. The summed E-state index contributed by atoms with van der Waals surface area (Å²) in [7, 11) is 0. The van der Waals surface area contributed by atoms with Crippen molar-refractivity contribution in [2.45, 2.75) is 50.4 Å². The molecule has 0 spiro atoms. The molecule has 2 N–H and O–H groups in total. The van der Waals surface area contributed by atoms with E-state index in [1.807, 2.05) is 6.92 Å². The van der Waals surface area contributed by atoms with Gasteiger partial charge in [0.25, 0.3) is 0 Å². The molecule has 0 aromatic carbocycles. The molecule has 22 heavy (non-hydrogen) atoms. The van der Waals surface area contributed by atoms with Crippen molar-refractivity contribution in [3.63, 3.8) is 0 Å². The van der Waals surface area contributed by atoms with Crippen molar-refractivity contribution >= 4 is 12.1 Å². The zero-order valence-electron chi connectivity index (χ0n) is 12.7. The van der Waals surface area contributed by atoms with Crippen LogP contribution in [0.1, 0.15) is 32.6 Å². The van der Waals surface area contributed by atoms with E-state index in [0.717, 1.165) is 24.8 Å². The monoisotopic (exact) mass is 307 g/mol. The van der Waals surface area contributed by atoms with Gasteiger partial charge in [0.2, 0.25) is 0 Å². The summed E-state index contributed by atoms with van der Waals surface area (Å²) in [4.78, 5) is 22.6. The van der Waals surface area contributed by atoms with E-state index < -0.39 is 6.09 Å². The molecule has 3 rings (SSSR count). The number of primary amides is 1. The molecule has 1 amide bonds. The third-order valence-electron chi connectivity index (χ3n) is 4.84. The van der Waals surface area contributed by atoms with Gasteiger partial charge in [0, 0.05) is 11.5 Å². The number of carbonyl (C=O) groups is 2. The Kier molecular flexibility index (Phi) is 3.72. The smallest absolute Gasteiger partial charge is 0.404 e. The predicted octanol–water partition coefficient (Wildman–Crippen LogP) is 1.84. The highest BCUT2D eigenvalue weighted by Gasteiger charge is 2.61. The summed E-state index contributed by atoms with van der Waals surface area (Å²) in [5.41, 5.74) is 6.29. The molecule has 0 bridgehead atoms. The van der Waals surface area contributed by atoms with Crippen molar-refractivity contribution < 1.29 is 23.8 Å². The number of ether oxygens (including phenoxy) is 3. The molecule has 120 valence electrons. The summed E-state index contributed by atoms with van der Waals surface area (Å²) >= 11 is 0. The number of amides is 1. The van der Waals surface area contributed by atoms with Crippen molar-refractivity contribution in [3.8, 4) is 0 Å². The topological polar surface area (TPSA) is 91.2 Å². The van der Waals surface area contributed by atoms with E-state index in [1.165, 1.54) is 0 Å². The summed E-state index contributed by atoms with van der Waals surface area (Å²) in [5.74, 6) is -0.375. The Labute approximate surface area is 129 Å². The van der Waals surface area contributed by atoms with Gasteiger partial charge in [0.1, 0.15) is 18.8 Å². The van der Waals surface area contributed by atoms with Gasteiger partial charge in [-0.15, -0.1) is 0 Å². The quantitative estimate of drug-likeness (QED) is 0.364. The van der Waals surface area contributed by atoms with Crippen LogP contribution in [0.2, 0.25) is 0 Å². The minimum atomic E-state index is -0.780. The maximum atomic E-state index is 11.8. The van der Waals surface area contributed by atoms with Crippen molar-refractivity contribution in [2.75, 3.05) is 6.61 Å². The average molecular weight is 307 g/mol. The van der Waals surface area contributed by atoms with E-state index in [9.17, 15) is 9.59 Å². The Hall–Kier alpha value is -1.82. The molecule has 6 nitrogen and oxygen atoms in total. The van der Waals surface area contributed by atoms with Gasteiger partial charge >= 0.3 is 12.1 Å². The number of esters is 1. The summed E-state index contributed by atoms with van der Waals surface area (Å²) in [6, 6.07) is 0. The molecule has 0 saturated carbocycles. The van der Waals surface area contributed by atoms with E-state index >= 15 is 0 Å². The molecule has 0 radical (unpaired) electrons. The molecule has 2 heterocycles. The largest absolute Gasteiger partial charge is 0.455 e. The van der Waals surface area contributed by atoms with Crippen LogP contribution >= 0.6 is 0 Å². The number of hydrogen-bond acceptors (Lipinski definition) is 5. The Balaban J connectivity index is 1.76. The van der Waals surface area contributed by atoms with E-state index in [2.05, 4.69) is 12.7 Å². The first kappa shape index (κ1) is 15.1. The third-order valence-corrected chi connectivity index (χ3v) is 4.84. The molecular formula is C16H21NO5. The fraction of sp³-hybridized carbons (Fsp3) is 0.625. The Morgan fingerprint density at radius 3 is 3.09 bits per heavy atom. The van der Waals surface area contributed by atoms with Crippen molar-refractivity contribution in [1.82, 2.24) is 0 Å². The summed E-state index contributed by atoms with van der Waals surface area (Å²) < 4.78 is 16.2. The number of nitrogens with two attached hydrogens (primary N) is 1. The second kappa shape index (κ2) is 5.43. The maximum absolute atomic E-state index is 11.8. The molecule has 4 atom stereocenters. The Morgan fingerprint density at radius 1 is 1.59 bits per heavy atom. The van der Waals surface area contributed by atoms with Gasteiger partial charge in [-0.3, -0.25) is 0 Å². The SMILES string of the molecule is C=C1C(=O)O[C@@H]2[C@H]3O[C@]3(C)CC/C=C(/COC(N)=O)CC[C@@H]12. The molecule has 2 fully saturated rings.